The predicted octanol–water partition coefficient (Wildman–Crippen LogP) is 1.69. The molecule has 0 aliphatic heterocycles. The smallest absolute Gasteiger partial charge is 0.244 e. The van der Waals surface area contributed by atoms with E-state index in [1.165, 1.54) is 6.39 Å². The average Bonchev–Trinajstić information content (AvgIpc) is 3.05. The van der Waals surface area contributed by atoms with E-state index in [4.69, 9.17) is 4.42 Å². The molecule has 22 heavy (non-hydrogen) atoms. The van der Waals surface area contributed by atoms with Crippen LogP contribution in [0.1, 0.15) is 17.0 Å². The topological polar surface area (TPSA) is 101 Å². The van der Waals surface area contributed by atoms with E-state index in [9.17, 15) is 8.42 Å². The van der Waals surface area contributed by atoms with Crippen molar-refractivity contribution < 1.29 is 12.8 Å². The Kier molecular flexibility index (Phi) is 3.71. The number of nitrogens with zero attached hydrogens (tertiary/aromatic N) is 2. The van der Waals surface area contributed by atoms with Crippen molar-refractivity contribution in [3.05, 3.63) is 41.5 Å². The monoisotopic (exact) mass is 320 g/mol. The molecule has 0 atom stereocenters. The Bertz CT molecular complexity index is 892. The number of aromatic amines is 1. The molecule has 0 spiro atoms. The number of aryl methyl sites for hydroxylation is 2. The van der Waals surface area contributed by atoms with Crippen LogP contribution in [0, 0.1) is 13.8 Å². The van der Waals surface area contributed by atoms with Gasteiger partial charge in [0.15, 0.2) is 12.0 Å². The van der Waals surface area contributed by atoms with Gasteiger partial charge in [-0.2, -0.15) is 5.10 Å². The van der Waals surface area contributed by atoms with Crippen LogP contribution in [-0.2, 0) is 16.4 Å². The first-order chi connectivity index (χ1) is 10.5. The first-order valence-corrected chi connectivity index (χ1v) is 8.29. The summed E-state index contributed by atoms with van der Waals surface area (Å²) in [5.41, 5.74) is 3.46. The van der Waals surface area contributed by atoms with Gasteiger partial charge in [-0.15, -0.1) is 0 Å². The molecule has 0 aliphatic carbocycles. The Morgan fingerprint density at radius 1 is 1.32 bits per heavy atom. The van der Waals surface area contributed by atoms with Crippen LogP contribution in [0.3, 0.4) is 0 Å². The summed E-state index contributed by atoms with van der Waals surface area (Å²) in [7, 11) is -3.56. The van der Waals surface area contributed by atoms with Crippen molar-refractivity contribution in [2.75, 3.05) is 6.54 Å². The van der Waals surface area contributed by atoms with Crippen LogP contribution in [0.2, 0.25) is 0 Å². The van der Waals surface area contributed by atoms with Gasteiger partial charge in [0.25, 0.3) is 0 Å². The minimum absolute atomic E-state index is 0.221. The summed E-state index contributed by atoms with van der Waals surface area (Å²) >= 11 is 0. The molecule has 3 rings (SSSR count). The molecule has 0 radical (unpaired) electrons. The van der Waals surface area contributed by atoms with Gasteiger partial charge in [0.05, 0.1) is 11.4 Å². The third kappa shape index (κ3) is 2.75. The zero-order valence-corrected chi connectivity index (χ0v) is 13.1. The molecule has 2 aromatic heterocycles. The van der Waals surface area contributed by atoms with E-state index < -0.39 is 10.0 Å². The van der Waals surface area contributed by atoms with Crippen LogP contribution in [0.4, 0.5) is 0 Å². The molecule has 3 aromatic rings. The zero-order chi connectivity index (χ0) is 15.7. The first-order valence-electron chi connectivity index (χ1n) is 6.81. The number of hydrogen-bond donors (Lipinski definition) is 2. The summed E-state index contributed by atoms with van der Waals surface area (Å²) in [6.07, 6.45) is 1.95. The molecule has 7 nitrogen and oxygen atoms in total. The quantitative estimate of drug-likeness (QED) is 0.745. The average molecular weight is 320 g/mol. The van der Waals surface area contributed by atoms with Crippen molar-refractivity contribution in [3.63, 3.8) is 0 Å². The summed E-state index contributed by atoms with van der Waals surface area (Å²) in [5.74, 6) is 0. The van der Waals surface area contributed by atoms with E-state index in [0.717, 1.165) is 11.1 Å². The molecule has 2 heterocycles. The molecule has 0 bridgehead atoms. The number of aromatic nitrogens is 3. The molecular weight excluding hydrogens is 304 g/mol. The standard InChI is InChI=1S/C14H16N4O3S/c1-9-14(10(2)18-17-9)22(19,20)16-6-5-11-3-4-12-13(7-11)21-8-15-12/h3-4,7-8,16H,5-6H2,1-2H3,(H,17,18). The van der Waals surface area contributed by atoms with E-state index in [-0.39, 0.29) is 4.90 Å². The number of hydrogen-bond acceptors (Lipinski definition) is 5. The number of rotatable bonds is 5. The number of oxazole rings is 1. The molecule has 0 saturated carbocycles. The number of fused-ring (bicyclic) bond motifs is 1. The maximum Gasteiger partial charge on any atom is 0.244 e. The molecule has 0 unspecified atom stereocenters. The number of nitrogens with one attached hydrogen (secondary N) is 2. The Morgan fingerprint density at radius 3 is 2.86 bits per heavy atom. The summed E-state index contributed by atoms with van der Waals surface area (Å²) in [6, 6.07) is 5.63. The van der Waals surface area contributed by atoms with Gasteiger partial charge in [0, 0.05) is 6.54 Å². The van der Waals surface area contributed by atoms with Gasteiger partial charge in [0.1, 0.15) is 10.4 Å². The summed E-state index contributed by atoms with van der Waals surface area (Å²) in [4.78, 5) is 4.26. The summed E-state index contributed by atoms with van der Waals surface area (Å²) < 4.78 is 32.4. The lowest BCUT2D eigenvalue weighted by atomic mass is 10.1. The predicted molar refractivity (Wildman–Crippen MR) is 81.0 cm³/mol. The Labute approximate surface area is 127 Å². The van der Waals surface area contributed by atoms with Gasteiger partial charge in [-0.25, -0.2) is 18.1 Å². The maximum absolute atomic E-state index is 12.3. The second kappa shape index (κ2) is 5.54. The second-order valence-electron chi connectivity index (χ2n) is 5.07. The molecular formula is C14H16N4O3S. The van der Waals surface area contributed by atoms with Crippen LogP contribution < -0.4 is 4.72 Å². The minimum atomic E-state index is -3.56. The van der Waals surface area contributed by atoms with Crippen molar-refractivity contribution in [1.82, 2.24) is 19.9 Å². The summed E-state index contributed by atoms with van der Waals surface area (Å²) in [6.45, 7) is 3.65. The van der Waals surface area contributed by atoms with Crippen molar-refractivity contribution in [3.8, 4) is 0 Å². The fourth-order valence-electron chi connectivity index (χ4n) is 2.39. The van der Waals surface area contributed by atoms with Crippen LogP contribution >= 0.6 is 0 Å². The van der Waals surface area contributed by atoms with E-state index in [1.807, 2.05) is 18.2 Å². The Hall–Kier alpha value is -2.19. The molecule has 0 aliphatic rings. The number of H-pyrrole nitrogens is 1. The summed E-state index contributed by atoms with van der Waals surface area (Å²) in [5, 5.41) is 6.59. The minimum Gasteiger partial charge on any atom is -0.443 e. The highest BCUT2D eigenvalue weighted by Crippen LogP contribution is 2.17. The van der Waals surface area contributed by atoms with E-state index in [1.54, 1.807) is 13.8 Å². The highest BCUT2D eigenvalue weighted by atomic mass is 32.2. The van der Waals surface area contributed by atoms with Gasteiger partial charge in [0.2, 0.25) is 10.0 Å². The van der Waals surface area contributed by atoms with Gasteiger partial charge < -0.3 is 4.42 Å². The molecule has 8 heteroatoms. The zero-order valence-electron chi connectivity index (χ0n) is 12.3. The lowest BCUT2D eigenvalue weighted by Gasteiger charge is -2.07. The van der Waals surface area contributed by atoms with Crippen molar-refractivity contribution in [1.29, 1.82) is 0 Å². The normalized spacial score (nSPS) is 12.1. The molecule has 116 valence electrons. The van der Waals surface area contributed by atoms with E-state index in [0.29, 0.717) is 29.9 Å². The molecule has 2 N–H and O–H groups in total. The molecule has 0 amide bonds. The fraction of sp³-hybridized carbons (Fsp3) is 0.286. The SMILES string of the molecule is Cc1n[nH]c(C)c1S(=O)(=O)NCCc1ccc2ncoc2c1. The van der Waals surface area contributed by atoms with Gasteiger partial charge in [-0.05, 0) is 38.0 Å². The van der Waals surface area contributed by atoms with Crippen LogP contribution in [-0.4, -0.2) is 30.1 Å². The van der Waals surface area contributed by atoms with Crippen molar-refractivity contribution in [2.45, 2.75) is 25.2 Å². The highest BCUT2D eigenvalue weighted by molar-refractivity contribution is 7.89. The largest absolute Gasteiger partial charge is 0.443 e. The molecule has 0 fully saturated rings. The van der Waals surface area contributed by atoms with Crippen LogP contribution in [0.25, 0.3) is 11.1 Å². The van der Waals surface area contributed by atoms with Crippen LogP contribution in [0.5, 0.6) is 0 Å². The highest BCUT2D eigenvalue weighted by Gasteiger charge is 2.21. The number of benzene rings is 1. The van der Waals surface area contributed by atoms with Gasteiger partial charge in [-0.3, -0.25) is 5.10 Å². The molecule has 0 saturated heterocycles. The van der Waals surface area contributed by atoms with Crippen LogP contribution in [0.15, 0.2) is 33.9 Å². The van der Waals surface area contributed by atoms with Gasteiger partial charge >= 0.3 is 0 Å². The first kappa shape index (κ1) is 14.7. The molecule has 1 aromatic carbocycles. The van der Waals surface area contributed by atoms with E-state index >= 15 is 0 Å². The maximum atomic E-state index is 12.3. The van der Waals surface area contributed by atoms with E-state index in [2.05, 4.69) is 19.9 Å². The Morgan fingerprint density at radius 2 is 2.14 bits per heavy atom. The Balaban J connectivity index is 1.69. The lowest BCUT2D eigenvalue weighted by Crippen LogP contribution is -2.26. The van der Waals surface area contributed by atoms with Crippen molar-refractivity contribution in [2.24, 2.45) is 0 Å². The van der Waals surface area contributed by atoms with Crippen molar-refractivity contribution >= 4 is 21.1 Å². The fourth-order valence-corrected chi connectivity index (χ4v) is 3.79. The third-order valence-electron chi connectivity index (χ3n) is 3.43. The number of sulfonamides is 1. The lowest BCUT2D eigenvalue weighted by molar-refractivity contribution is 0.580. The third-order valence-corrected chi connectivity index (χ3v) is 5.15. The van der Waals surface area contributed by atoms with Gasteiger partial charge in [-0.1, -0.05) is 6.07 Å². The second-order valence-corrected chi connectivity index (χ2v) is 6.77.